The van der Waals surface area contributed by atoms with E-state index in [1.54, 1.807) is 11.3 Å². The fraction of sp³-hybridized carbons (Fsp3) is 0.500. The molecule has 0 spiro atoms. The van der Waals surface area contributed by atoms with Gasteiger partial charge in [-0.05, 0) is 20.4 Å². The largest absolute Gasteiger partial charge is 0.327 e. The van der Waals surface area contributed by atoms with Crippen molar-refractivity contribution >= 4 is 11.3 Å². The maximum atomic E-state index is 4.56. The van der Waals surface area contributed by atoms with Gasteiger partial charge in [-0.2, -0.15) is 0 Å². The third kappa shape index (κ3) is 2.92. The van der Waals surface area contributed by atoms with Gasteiger partial charge in [0.2, 0.25) is 0 Å². The predicted octanol–water partition coefficient (Wildman–Crippen LogP) is 2.11. The van der Waals surface area contributed by atoms with E-state index >= 15 is 0 Å². The molecule has 0 aliphatic carbocycles. The predicted molar refractivity (Wildman–Crippen MR) is 70.3 cm³/mol. The quantitative estimate of drug-likeness (QED) is 0.884. The average molecular weight is 250 g/mol. The lowest BCUT2D eigenvalue weighted by atomic mass is 10.4. The molecule has 0 saturated heterocycles. The Kier molecular flexibility index (Phi) is 3.91. The van der Waals surface area contributed by atoms with Crippen LogP contribution in [0.25, 0.3) is 0 Å². The van der Waals surface area contributed by atoms with Gasteiger partial charge in [0.15, 0.2) is 0 Å². The van der Waals surface area contributed by atoms with Crippen LogP contribution < -0.4 is 5.32 Å². The molecule has 0 aliphatic rings. The monoisotopic (exact) mass is 250 g/mol. The number of aryl methyl sites for hydroxylation is 2. The molecule has 2 aromatic rings. The van der Waals surface area contributed by atoms with Crippen molar-refractivity contribution in [3.63, 3.8) is 0 Å². The van der Waals surface area contributed by atoms with Crippen LogP contribution in [0.4, 0.5) is 0 Å². The van der Waals surface area contributed by atoms with Gasteiger partial charge < -0.3 is 9.88 Å². The highest BCUT2D eigenvalue weighted by Crippen LogP contribution is 2.17. The molecule has 92 valence electrons. The number of rotatable bonds is 5. The molecule has 0 radical (unpaired) electrons. The SMILES string of the molecule is CCNCc1nccn1Cc1nc(C)c(C)s1. The second kappa shape index (κ2) is 5.42. The highest BCUT2D eigenvalue weighted by molar-refractivity contribution is 7.11. The molecule has 1 N–H and O–H groups in total. The summed E-state index contributed by atoms with van der Waals surface area (Å²) in [6.45, 7) is 8.86. The molecule has 0 aliphatic heterocycles. The van der Waals surface area contributed by atoms with E-state index in [1.807, 2.05) is 12.4 Å². The van der Waals surface area contributed by atoms with Crippen LogP contribution in [-0.4, -0.2) is 21.1 Å². The molecule has 0 fully saturated rings. The highest BCUT2D eigenvalue weighted by atomic mass is 32.1. The van der Waals surface area contributed by atoms with E-state index in [2.05, 4.69) is 40.6 Å². The molecule has 2 aromatic heterocycles. The van der Waals surface area contributed by atoms with Crippen LogP contribution in [0.1, 0.15) is 28.3 Å². The number of hydrogen-bond acceptors (Lipinski definition) is 4. The van der Waals surface area contributed by atoms with E-state index < -0.39 is 0 Å². The first-order valence-electron chi connectivity index (χ1n) is 5.84. The lowest BCUT2D eigenvalue weighted by Gasteiger charge is -2.05. The van der Waals surface area contributed by atoms with E-state index in [1.165, 1.54) is 4.88 Å². The smallest absolute Gasteiger partial charge is 0.123 e. The third-order valence-corrected chi connectivity index (χ3v) is 3.77. The van der Waals surface area contributed by atoms with Gasteiger partial charge in [0, 0.05) is 17.3 Å². The van der Waals surface area contributed by atoms with Gasteiger partial charge in [-0.25, -0.2) is 9.97 Å². The van der Waals surface area contributed by atoms with E-state index in [0.29, 0.717) is 0 Å². The number of aromatic nitrogens is 3. The molecule has 0 bridgehead atoms. The minimum Gasteiger partial charge on any atom is -0.327 e. The summed E-state index contributed by atoms with van der Waals surface area (Å²) in [5.74, 6) is 1.07. The van der Waals surface area contributed by atoms with Crippen molar-refractivity contribution in [2.24, 2.45) is 0 Å². The Hall–Kier alpha value is -1.20. The maximum Gasteiger partial charge on any atom is 0.123 e. The first kappa shape index (κ1) is 12.3. The summed E-state index contributed by atoms with van der Waals surface area (Å²) in [4.78, 5) is 10.2. The Bertz CT molecular complexity index is 467. The molecule has 2 heterocycles. The molecular formula is C12H18N4S. The van der Waals surface area contributed by atoms with E-state index in [-0.39, 0.29) is 0 Å². The van der Waals surface area contributed by atoms with Crippen LogP contribution >= 0.6 is 11.3 Å². The molecule has 0 aromatic carbocycles. The summed E-state index contributed by atoms with van der Waals surface area (Å²) in [5, 5.41) is 4.44. The van der Waals surface area contributed by atoms with Crippen molar-refractivity contribution in [2.45, 2.75) is 33.9 Å². The molecular weight excluding hydrogens is 232 g/mol. The summed E-state index contributed by atoms with van der Waals surface area (Å²) in [7, 11) is 0. The van der Waals surface area contributed by atoms with Crippen molar-refractivity contribution in [1.82, 2.24) is 19.9 Å². The zero-order chi connectivity index (χ0) is 12.3. The van der Waals surface area contributed by atoms with Crippen molar-refractivity contribution in [2.75, 3.05) is 6.54 Å². The number of thiazole rings is 1. The minimum atomic E-state index is 0.812. The zero-order valence-electron chi connectivity index (χ0n) is 10.5. The fourth-order valence-corrected chi connectivity index (χ4v) is 2.57. The summed E-state index contributed by atoms with van der Waals surface area (Å²) in [5.41, 5.74) is 1.14. The van der Waals surface area contributed by atoms with Crippen LogP contribution in [0.15, 0.2) is 12.4 Å². The van der Waals surface area contributed by atoms with E-state index in [0.717, 1.165) is 36.2 Å². The first-order chi connectivity index (χ1) is 8.20. The first-order valence-corrected chi connectivity index (χ1v) is 6.66. The van der Waals surface area contributed by atoms with Crippen molar-refractivity contribution < 1.29 is 0 Å². The van der Waals surface area contributed by atoms with Crippen molar-refractivity contribution in [3.05, 3.63) is 33.8 Å². The van der Waals surface area contributed by atoms with Gasteiger partial charge >= 0.3 is 0 Å². The van der Waals surface area contributed by atoms with Gasteiger partial charge in [-0.3, -0.25) is 0 Å². The van der Waals surface area contributed by atoms with Gasteiger partial charge in [-0.1, -0.05) is 6.92 Å². The molecule has 0 saturated carbocycles. The topological polar surface area (TPSA) is 42.7 Å². The molecule has 0 unspecified atom stereocenters. The van der Waals surface area contributed by atoms with E-state index in [9.17, 15) is 0 Å². The Morgan fingerprint density at radius 2 is 2.24 bits per heavy atom. The molecule has 4 nitrogen and oxygen atoms in total. The fourth-order valence-electron chi connectivity index (χ4n) is 1.64. The standard InChI is InChI=1S/C12H18N4S/c1-4-13-7-11-14-5-6-16(11)8-12-15-9(2)10(3)17-12/h5-6,13H,4,7-8H2,1-3H3. The zero-order valence-corrected chi connectivity index (χ0v) is 11.3. The number of nitrogens with one attached hydrogen (secondary N) is 1. The summed E-state index contributed by atoms with van der Waals surface area (Å²) < 4.78 is 2.15. The van der Waals surface area contributed by atoms with Crippen LogP contribution in [0.3, 0.4) is 0 Å². The Labute approximate surface area is 106 Å². The summed E-state index contributed by atoms with van der Waals surface area (Å²) in [6, 6.07) is 0. The van der Waals surface area contributed by atoms with Crippen LogP contribution in [-0.2, 0) is 13.1 Å². The van der Waals surface area contributed by atoms with Gasteiger partial charge in [0.1, 0.15) is 10.8 Å². The minimum absolute atomic E-state index is 0.812. The molecule has 0 amide bonds. The average Bonchev–Trinajstić information content (AvgIpc) is 2.85. The van der Waals surface area contributed by atoms with Crippen molar-refractivity contribution in [3.8, 4) is 0 Å². The number of nitrogens with zero attached hydrogens (tertiary/aromatic N) is 3. The Morgan fingerprint density at radius 3 is 2.88 bits per heavy atom. The van der Waals surface area contributed by atoms with Gasteiger partial charge in [0.05, 0.1) is 18.8 Å². The molecule has 0 atom stereocenters. The molecule has 17 heavy (non-hydrogen) atoms. The second-order valence-corrected chi connectivity index (χ2v) is 5.29. The Balaban J connectivity index is 2.10. The highest BCUT2D eigenvalue weighted by Gasteiger charge is 2.07. The number of hydrogen-bond donors (Lipinski definition) is 1. The van der Waals surface area contributed by atoms with Crippen LogP contribution in [0.2, 0.25) is 0 Å². The van der Waals surface area contributed by atoms with Crippen LogP contribution in [0.5, 0.6) is 0 Å². The lowest BCUT2D eigenvalue weighted by molar-refractivity contribution is 0.638. The lowest BCUT2D eigenvalue weighted by Crippen LogP contribution is -2.16. The molecule has 5 heteroatoms. The molecule has 2 rings (SSSR count). The van der Waals surface area contributed by atoms with Gasteiger partial charge in [-0.15, -0.1) is 11.3 Å². The third-order valence-electron chi connectivity index (χ3n) is 2.71. The summed E-state index contributed by atoms with van der Waals surface area (Å²) >= 11 is 1.77. The summed E-state index contributed by atoms with van der Waals surface area (Å²) in [6.07, 6.45) is 3.86. The van der Waals surface area contributed by atoms with E-state index in [4.69, 9.17) is 0 Å². The van der Waals surface area contributed by atoms with Crippen molar-refractivity contribution in [1.29, 1.82) is 0 Å². The normalized spacial score (nSPS) is 11.0. The Morgan fingerprint density at radius 1 is 1.41 bits per heavy atom. The maximum absolute atomic E-state index is 4.56. The van der Waals surface area contributed by atoms with Gasteiger partial charge in [0.25, 0.3) is 0 Å². The number of imidazole rings is 1. The second-order valence-electron chi connectivity index (χ2n) is 4.00. The van der Waals surface area contributed by atoms with Crippen LogP contribution in [0, 0.1) is 13.8 Å².